The Morgan fingerprint density at radius 3 is 2.66 bits per heavy atom. The maximum absolute atomic E-state index is 14.1. The molecule has 0 bridgehead atoms. The number of halogens is 3. The number of aliphatic hydroxyl groups is 1. The molecule has 1 saturated heterocycles. The summed E-state index contributed by atoms with van der Waals surface area (Å²) < 4.78 is 68.9. The molecule has 2 atom stereocenters. The van der Waals surface area contributed by atoms with Crippen molar-refractivity contribution in [3.05, 3.63) is 30.5 Å². The van der Waals surface area contributed by atoms with Gasteiger partial charge in [0, 0.05) is 24.9 Å². The Bertz CT molecular complexity index is 1340. The highest BCUT2D eigenvalue weighted by atomic mass is 32.2. The molecule has 35 heavy (non-hydrogen) atoms. The minimum Gasteiger partial charge on any atom is -0.435 e. The number of aliphatic hydroxyl groups excluding tert-OH is 1. The maximum Gasteiger partial charge on any atom is 0.387 e. The molecule has 0 amide bonds. The molecule has 2 aliphatic rings. The second kappa shape index (κ2) is 8.82. The van der Waals surface area contributed by atoms with Crippen molar-refractivity contribution in [2.24, 2.45) is 0 Å². The number of hydrogen-bond acceptors (Lipinski definition) is 9. The summed E-state index contributed by atoms with van der Waals surface area (Å²) >= 11 is 0. The lowest BCUT2D eigenvalue weighted by molar-refractivity contribution is -0.0498. The smallest absolute Gasteiger partial charge is 0.387 e. The molecule has 2 aromatic heterocycles. The number of β-amino-alcohol motifs (C(OH)–C–C–N with tert-alkyl or cyclic N) is 1. The summed E-state index contributed by atoms with van der Waals surface area (Å²) in [5, 5.41) is 17.4. The fourth-order valence-electron chi connectivity index (χ4n) is 4.31. The number of benzene rings is 1. The van der Waals surface area contributed by atoms with Crippen molar-refractivity contribution in [1.29, 1.82) is 0 Å². The number of aromatic nitrogens is 4. The summed E-state index contributed by atoms with van der Waals surface area (Å²) in [6.45, 7) is -3.04. The van der Waals surface area contributed by atoms with Gasteiger partial charge in [-0.3, -0.25) is 0 Å². The van der Waals surface area contributed by atoms with Gasteiger partial charge >= 0.3 is 6.61 Å². The van der Waals surface area contributed by atoms with Crippen LogP contribution in [0, 0.1) is 0 Å². The quantitative estimate of drug-likeness (QED) is 0.489. The summed E-state index contributed by atoms with van der Waals surface area (Å²) in [7, 11) is -3.14. The molecule has 1 aliphatic carbocycles. The van der Waals surface area contributed by atoms with Gasteiger partial charge in [-0.1, -0.05) is 6.07 Å². The maximum atomic E-state index is 14.1. The van der Waals surface area contributed by atoms with E-state index in [0.29, 0.717) is 35.4 Å². The molecule has 3 heterocycles. The zero-order valence-corrected chi connectivity index (χ0v) is 19.4. The van der Waals surface area contributed by atoms with Gasteiger partial charge < -0.3 is 20.1 Å². The fraction of sp³-hybridized carbons (Fsp3) is 0.476. The second-order valence-electron chi connectivity index (χ2n) is 8.79. The van der Waals surface area contributed by atoms with E-state index in [-0.39, 0.29) is 30.8 Å². The average molecular weight is 513 g/mol. The van der Waals surface area contributed by atoms with Gasteiger partial charge in [0.2, 0.25) is 5.95 Å². The number of ether oxygens (including phenoxy) is 1. The van der Waals surface area contributed by atoms with E-state index in [0.717, 1.165) is 0 Å². The first-order chi connectivity index (χ1) is 16.6. The van der Waals surface area contributed by atoms with Crippen molar-refractivity contribution in [2.75, 3.05) is 29.6 Å². The van der Waals surface area contributed by atoms with E-state index in [1.807, 2.05) is 0 Å². The predicted octanol–water partition coefficient (Wildman–Crippen LogP) is 1.92. The van der Waals surface area contributed by atoms with Crippen LogP contribution in [0.4, 0.5) is 24.9 Å². The van der Waals surface area contributed by atoms with Crippen LogP contribution in [0.25, 0.3) is 16.7 Å². The van der Waals surface area contributed by atoms with Crippen LogP contribution in [0.5, 0.6) is 5.75 Å². The highest BCUT2D eigenvalue weighted by molar-refractivity contribution is 7.91. The van der Waals surface area contributed by atoms with E-state index in [4.69, 9.17) is 0 Å². The third-order valence-electron chi connectivity index (χ3n) is 6.25. The number of nitrogens with one attached hydrogen (secondary N) is 1. The molecule has 1 saturated carbocycles. The van der Waals surface area contributed by atoms with Crippen LogP contribution >= 0.6 is 0 Å². The van der Waals surface area contributed by atoms with E-state index in [2.05, 4.69) is 25.1 Å². The Balaban J connectivity index is 1.53. The molecule has 1 aromatic carbocycles. The van der Waals surface area contributed by atoms with Gasteiger partial charge in [0.15, 0.2) is 5.65 Å². The lowest BCUT2D eigenvalue weighted by Gasteiger charge is -2.34. The van der Waals surface area contributed by atoms with E-state index < -0.39 is 34.0 Å². The topological polar surface area (TPSA) is 122 Å². The van der Waals surface area contributed by atoms with Crippen molar-refractivity contribution in [2.45, 2.75) is 43.0 Å². The van der Waals surface area contributed by atoms with Crippen LogP contribution in [0.2, 0.25) is 0 Å². The zero-order valence-electron chi connectivity index (χ0n) is 18.6. The first kappa shape index (κ1) is 23.6. The molecule has 2 N–H and O–H groups in total. The first-order valence-corrected chi connectivity index (χ1v) is 12.9. The van der Waals surface area contributed by atoms with Crippen LogP contribution in [-0.4, -0.2) is 82.8 Å². The summed E-state index contributed by atoms with van der Waals surface area (Å²) in [5.74, 6) is 0.475. The molecule has 1 aliphatic heterocycles. The molecule has 0 spiro atoms. The van der Waals surface area contributed by atoms with Crippen LogP contribution in [0.15, 0.2) is 30.5 Å². The Kier molecular flexibility index (Phi) is 5.95. The van der Waals surface area contributed by atoms with E-state index in [9.17, 15) is 26.7 Å². The molecule has 10 nitrogen and oxygen atoms in total. The fourth-order valence-corrected chi connectivity index (χ4v) is 5.48. The Morgan fingerprint density at radius 2 is 2.00 bits per heavy atom. The molecule has 2 fully saturated rings. The lowest BCUT2D eigenvalue weighted by Crippen LogP contribution is -2.43. The Labute approximate surface area is 198 Å². The number of fused-ring (bicyclic) bond motifs is 1. The van der Waals surface area contributed by atoms with Crippen molar-refractivity contribution in [3.63, 3.8) is 0 Å². The third kappa shape index (κ3) is 4.72. The van der Waals surface area contributed by atoms with Gasteiger partial charge in [-0.15, -0.1) is 0 Å². The van der Waals surface area contributed by atoms with Gasteiger partial charge in [0.05, 0.1) is 29.1 Å². The number of alkyl halides is 3. The molecular formula is C21H23F3N6O4S. The Morgan fingerprint density at radius 1 is 1.23 bits per heavy atom. The summed E-state index contributed by atoms with van der Waals surface area (Å²) in [6.07, 6.45) is 0.864. The monoisotopic (exact) mass is 512 g/mol. The molecular weight excluding hydrogens is 489 g/mol. The number of hydrogen-bond donors (Lipinski definition) is 2. The zero-order chi connectivity index (χ0) is 24.9. The summed E-state index contributed by atoms with van der Waals surface area (Å²) in [4.78, 5) is 10.7. The van der Waals surface area contributed by atoms with Crippen molar-refractivity contribution in [1.82, 2.24) is 19.7 Å². The second-order valence-corrected chi connectivity index (χ2v) is 11.1. The third-order valence-corrected chi connectivity index (χ3v) is 7.84. The van der Waals surface area contributed by atoms with Gasteiger partial charge in [-0.2, -0.15) is 23.8 Å². The first-order valence-electron chi connectivity index (χ1n) is 10.9. The van der Waals surface area contributed by atoms with Crippen LogP contribution < -0.4 is 15.0 Å². The van der Waals surface area contributed by atoms with Gasteiger partial charge in [-0.05, 0) is 25.0 Å². The normalized spacial score (nSPS) is 24.7. The minimum absolute atomic E-state index is 0.0230. The predicted molar refractivity (Wildman–Crippen MR) is 122 cm³/mol. The largest absolute Gasteiger partial charge is 0.435 e. The number of sulfone groups is 1. The van der Waals surface area contributed by atoms with Crippen LogP contribution in [0.1, 0.15) is 12.8 Å². The number of rotatable bonds is 7. The number of nitrogens with zero attached hydrogens (tertiary/aromatic N) is 5. The SMILES string of the molecule is CS(=O)(=O)C1CC(Nc2nc(N3C[C@H](O)[C@@H](F)C3)c3cnn(-c4cccc(OC(F)F)c4)c3n2)C1. The molecule has 188 valence electrons. The Hall–Kier alpha value is -3.13. The van der Waals surface area contributed by atoms with Crippen molar-refractivity contribution in [3.8, 4) is 11.4 Å². The number of anilines is 2. The van der Waals surface area contributed by atoms with Gasteiger partial charge in [0.25, 0.3) is 0 Å². The molecule has 5 rings (SSSR count). The van der Waals surface area contributed by atoms with E-state index >= 15 is 0 Å². The molecule has 0 unspecified atom stereocenters. The lowest BCUT2D eigenvalue weighted by atomic mass is 9.92. The molecule has 14 heteroatoms. The van der Waals surface area contributed by atoms with Crippen LogP contribution in [-0.2, 0) is 9.84 Å². The minimum atomic E-state index is -3.14. The highest BCUT2D eigenvalue weighted by Gasteiger charge is 2.37. The van der Waals surface area contributed by atoms with E-state index in [1.165, 1.54) is 35.3 Å². The average Bonchev–Trinajstić information content (AvgIpc) is 3.32. The standard InChI is InChI=1S/C21H23F3N6O4S/c1-35(32,33)14-5-11(6-14)26-21-27-18(29-9-16(22)17(31)10-29)15-8-25-30(19(15)28-21)12-3-2-4-13(7-12)34-20(23)24/h2-4,7-8,11,14,16-17,20,31H,5-6,9-10H2,1H3,(H,26,27,28)/t11?,14?,16-,17-/m0/s1. The van der Waals surface area contributed by atoms with Crippen molar-refractivity contribution < 1.29 is 31.4 Å². The molecule has 0 radical (unpaired) electrons. The van der Waals surface area contributed by atoms with E-state index in [1.54, 1.807) is 11.0 Å². The summed E-state index contributed by atoms with van der Waals surface area (Å²) in [6, 6.07) is 5.77. The van der Waals surface area contributed by atoms with Gasteiger partial charge in [-0.25, -0.2) is 17.5 Å². The van der Waals surface area contributed by atoms with Crippen LogP contribution in [0.3, 0.4) is 0 Å². The van der Waals surface area contributed by atoms with Gasteiger partial charge in [0.1, 0.15) is 33.7 Å². The highest BCUT2D eigenvalue weighted by Crippen LogP contribution is 2.33. The summed E-state index contributed by atoms with van der Waals surface area (Å²) in [5.41, 5.74) is 0.724. The van der Waals surface area contributed by atoms with Crippen molar-refractivity contribution >= 4 is 32.6 Å². The molecule has 3 aromatic rings.